The van der Waals surface area contributed by atoms with Crippen LogP contribution < -0.4 is 10.6 Å². The van der Waals surface area contributed by atoms with Gasteiger partial charge in [-0.2, -0.15) is 31.4 Å². The smallest absolute Gasteiger partial charge is 0.362 e. The molecule has 1 aliphatic heterocycles. The van der Waals surface area contributed by atoms with Crippen molar-refractivity contribution in [3.63, 3.8) is 0 Å². The molecule has 2 N–H and O–H groups in total. The first-order valence-corrected chi connectivity index (χ1v) is 11.7. The number of alkyl halides is 6. The van der Waals surface area contributed by atoms with Crippen molar-refractivity contribution >= 4 is 39.8 Å². The number of anilines is 2. The van der Waals surface area contributed by atoms with Crippen LogP contribution in [0.1, 0.15) is 32.0 Å². The summed E-state index contributed by atoms with van der Waals surface area (Å²) in [5, 5.41) is 12.7. The van der Waals surface area contributed by atoms with E-state index in [4.69, 9.17) is 6.57 Å². The Morgan fingerprint density at radius 3 is 2.48 bits per heavy atom. The summed E-state index contributed by atoms with van der Waals surface area (Å²) >= 11 is 0. The van der Waals surface area contributed by atoms with Gasteiger partial charge in [-0.3, -0.25) is 9.59 Å². The summed E-state index contributed by atoms with van der Waals surface area (Å²) in [7, 11) is 0. The highest BCUT2D eigenvalue weighted by Gasteiger charge is 2.42. The van der Waals surface area contributed by atoms with Crippen LogP contribution in [0.4, 0.5) is 43.5 Å². The third kappa shape index (κ3) is 4.18. The summed E-state index contributed by atoms with van der Waals surface area (Å²) < 4.78 is 85.9. The Morgan fingerprint density at radius 2 is 1.76 bits per heavy atom. The van der Waals surface area contributed by atoms with E-state index in [0.29, 0.717) is 32.7 Å². The molecule has 10 nitrogen and oxygen atoms in total. The Kier molecular flexibility index (Phi) is 5.78. The van der Waals surface area contributed by atoms with Crippen molar-refractivity contribution in [1.82, 2.24) is 24.5 Å². The van der Waals surface area contributed by atoms with E-state index < -0.39 is 52.5 Å². The Morgan fingerprint density at radius 1 is 0.976 bits per heavy atom. The van der Waals surface area contributed by atoms with E-state index in [1.54, 1.807) is 0 Å². The van der Waals surface area contributed by atoms with Gasteiger partial charge in [0.1, 0.15) is 5.56 Å². The van der Waals surface area contributed by atoms with E-state index in [2.05, 4.69) is 25.3 Å². The van der Waals surface area contributed by atoms with Gasteiger partial charge in [-0.15, -0.1) is 9.78 Å². The number of amides is 2. The predicted octanol–water partition coefficient (Wildman–Crippen LogP) is 6.01. The highest BCUT2D eigenvalue weighted by Crippen LogP contribution is 2.40. The quantitative estimate of drug-likeness (QED) is 0.199. The van der Waals surface area contributed by atoms with Gasteiger partial charge in [-0.05, 0) is 30.3 Å². The number of carbonyl (C=O) groups is 2. The Hall–Kier alpha value is -5.72. The Bertz CT molecular complexity index is 1980. The van der Waals surface area contributed by atoms with Crippen LogP contribution in [0, 0.1) is 6.57 Å². The molecular weight excluding hydrogens is 570 g/mol. The first-order valence-electron chi connectivity index (χ1n) is 11.7. The Balaban J connectivity index is 1.42. The molecule has 2 amide bonds. The number of hydrogen-bond acceptors (Lipinski definition) is 5. The van der Waals surface area contributed by atoms with E-state index in [1.807, 2.05) is 5.32 Å². The van der Waals surface area contributed by atoms with Gasteiger partial charge in [-0.1, -0.05) is 18.7 Å². The number of pyridine rings is 1. The average Bonchev–Trinajstić information content (AvgIpc) is 3.66. The molecule has 16 heteroatoms. The monoisotopic (exact) mass is 582 g/mol. The van der Waals surface area contributed by atoms with Crippen molar-refractivity contribution in [2.75, 3.05) is 10.6 Å². The van der Waals surface area contributed by atoms with Crippen molar-refractivity contribution in [1.29, 1.82) is 0 Å². The van der Waals surface area contributed by atoms with Gasteiger partial charge in [0.2, 0.25) is 5.82 Å². The van der Waals surface area contributed by atoms with Crippen LogP contribution in [-0.2, 0) is 12.4 Å². The Labute approximate surface area is 230 Å². The molecule has 0 atom stereocenters. The average molecular weight is 582 g/mol. The molecule has 3 aromatic heterocycles. The molecule has 0 unspecified atom stereocenters. The number of carbonyl (C=O) groups excluding carboxylic acids is 2. The number of aromatic nitrogens is 5. The topological polar surface area (TPSA) is 111 Å². The van der Waals surface area contributed by atoms with Crippen LogP contribution >= 0.6 is 0 Å². The molecule has 0 saturated heterocycles. The van der Waals surface area contributed by atoms with Gasteiger partial charge in [0, 0.05) is 22.0 Å². The number of nitrogens with one attached hydrogen (secondary N) is 2. The summed E-state index contributed by atoms with van der Waals surface area (Å²) in [5.74, 6) is -2.87. The first kappa shape index (κ1) is 26.5. The van der Waals surface area contributed by atoms with Gasteiger partial charge in [0.05, 0.1) is 35.5 Å². The number of benzene rings is 2. The molecule has 2 aromatic carbocycles. The molecule has 0 bridgehead atoms. The summed E-state index contributed by atoms with van der Waals surface area (Å²) in [6.07, 6.45) is -7.62. The molecule has 42 heavy (non-hydrogen) atoms. The SMILES string of the molecule is [C-]#[N+]c1ccnn1-c1ncc(NC(=O)c2cnn(-c3ccc4c5c(cccc35)C(=O)N4)c2C(F)(F)F)cc1C(F)(F)F. The molecule has 4 heterocycles. The minimum Gasteiger partial charge on any atom is -0.362 e. The van der Waals surface area contributed by atoms with Crippen LogP contribution in [0.25, 0.3) is 27.1 Å². The maximum absolute atomic E-state index is 14.4. The van der Waals surface area contributed by atoms with Crippen LogP contribution in [0.5, 0.6) is 0 Å². The van der Waals surface area contributed by atoms with E-state index >= 15 is 0 Å². The van der Waals surface area contributed by atoms with Crippen molar-refractivity contribution in [2.45, 2.75) is 12.4 Å². The van der Waals surface area contributed by atoms with Gasteiger partial charge < -0.3 is 15.5 Å². The first-order chi connectivity index (χ1) is 19.9. The molecular formula is C26H12F6N8O2. The summed E-state index contributed by atoms with van der Waals surface area (Å²) in [4.78, 5) is 32.0. The fourth-order valence-electron chi connectivity index (χ4n) is 4.68. The van der Waals surface area contributed by atoms with Crippen molar-refractivity contribution in [2.24, 2.45) is 0 Å². The second-order valence-electron chi connectivity index (χ2n) is 8.89. The van der Waals surface area contributed by atoms with Gasteiger partial charge in [0.25, 0.3) is 17.6 Å². The third-order valence-electron chi connectivity index (χ3n) is 6.39. The molecule has 0 spiro atoms. The molecule has 210 valence electrons. The van der Waals surface area contributed by atoms with E-state index in [-0.39, 0.29) is 22.5 Å². The number of nitrogens with zero attached hydrogens (tertiary/aromatic N) is 6. The standard InChI is InChI=1S/C26H12F6N8O2/c1-33-19-7-8-35-40(19)22-16(25(27,28)29)9-12(10-34-22)37-24(42)15-11-36-39(21(15)26(30,31)32)18-6-5-17-20-13(18)3-2-4-14(20)23(41)38-17/h2-11H,(H,37,42)(H,38,41). The number of hydrogen-bond donors (Lipinski definition) is 2. The molecule has 0 saturated carbocycles. The van der Waals surface area contributed by atoms with E-state index in [9.17, 15) is 35.9 Å². The minimum atomic E-state index is -5.13. The lowest BCUT2D eigenvalue weighted by atomic mass is 10.0. The zero-order valence-electron chi connectivity index (χ0n) is 20.5. The number of halogens is 6. The molecule has 0 radical (unpaired) electrons. The molecule has 0 aliphatic carbocycles. The van der Waals surface area contributed by atoms with Gasteiger partial charge >= 0.3 is 12.4 Å². The number of rotatable bonds is 4. The predicted molar refractivity (Wildman–Crippen MR) is 135 cm³/mol. The van der Waals surface area contributed by atoms with Crippen molar-refractivity contribution in [3.05, 3.63) is 94.9 Å². The fraction of sp³-hybridized carbons (Fsp3) is 0.0769. The zero-order valence-corrected chi connectivity index (χ0v) is 20.5. The normalized spacial score (nSPS) is 12.8. The maximum atomic E-state index is 14.4. The molecule has 6 rings (SSSR count). The van der Waals surface area contributed by atoms with E-state index in [1.165, 1.54) is 30.3 Å². The second-order valence-corrected chi connectivity index (χ2v) is 8.89. The zero-order chi connectivity index (χ0) is 30.0. The highest BCUT2D eigenvalue weighted by molar-refractivity contribution is 6.25. The molecule has 5 aromatic rings. The largest absolute Gasteiger partial charge is 0.434 e. The second kappa shape index (κ2) is 9.16. The maximum Gasteiger partial charge on any atom is 0.434 e. The lowest BCUT2D eigenvalue weighted by Crippen LogP contribution is -2.21. The minimum absolute atomic E-state index is 0.0845. The highest BCUT2D eigenvalue weighted by atomic mass is 19.4. The lowest BCUT2D eigenvalue weighted by Gasteiger charge is -2.15. The van der Waals surface area contributed by atoms with Crippen LogP contribution in [0.2, 0.25) is 0 Å². The third-order valence-corrected chi connectivity index (χ3v) is 6.39. The van der Waals surface area contributed by atoms with Crippen molar-refractivity contribution in [3.8, 4) is 11.5 Å². The summed E-state index contributed by atoms with van der Waals surface area (Å²) in [6.45, 7) is 7.10. The van der Waals surface area contributed by atoms with Crippen LogP contribution in [0.3, 0.4) is 0 Å². The van der Waals surface area contributed by atoms with Crippen LogP contribution in [0.15, 0.2) is 61.1 Å². The van der Waals surface area contributed by atoms with Gasteiger partial charge in [-0.25, -0.2) is 9.67 Å². The molecule has 1 aliphatic rings. The van der Waals surface area contributed by atoms with E-state index in [0.717, 1.165) is 18.5 Å². The summed E-state index contributed by atoms with van der Waals surface area (Å²) in [5.41, 5.74) is -3.86. The lowest BCUT2D eigenvalue weighted by molar-refractivity contribution is -0.143. The fourth-order valence-corrected chi connectivity index (χ4v) is 4.68. The summed E-state index contributed by atoms with van der Waals surface area (Å²) in [6, 6.07) is 8.82. The molecule has 0 fully saturated rings. The van der Waals surface area contributed by atoms with Crippen molar-refractivity contribution < 1.29 is 35.9 Å². The van der Waals surface area contributed by atoms with Crippen LogP contribution in [-0.4, -0.2) is 36.4 Å². The van der Waals surface area contributed by atoms with Gasteiger partial charge in [0.15, 0.2) is 5.69 Å².